The maximum Gasteiger partial charge on any atom is 0.328 e. The van der Waals surface area contributed by atoms with Gasteiger partial charge in [0.05, 0.1) is 32.8 Å². The van der Waals surface area contributed by atoms with Gasteiger partial charge in [0, 0.05) is 12.0 Å². The Morgan fingerprint density at radius 3 is 2.82 bits per heavy atom. The quantitative estimate of drug-likeness (QED) is 0.775. The summed E-state index contributed by atoms with van der Waals surface area (Å²) in [5.74, 6) is -0.0173. The first-order chi connectivity index (χ1) is 10.6. The van der Waals surface area contributed by atoms with E-state index in [1.54, 1.807) is 12.1 Å². The highest BCUT2D eigenvalue weighted by molar-refractivity contribution is 5.88. The van der Waals surface area contributed by atoms with Gasteiger partial charge in [0.15, 0.2) is 0 Å². The fourth-order valence-electron chi connectivity index (χ4n) is 2.85. The number of hydrogen-bond acceptors (Lipinski definition) is 5. The van der Waals surface area contributed by atoms with Gasteiger partial charge in [-0.1, -0.05) is 18.2 Å². The highest BCUT2D eigenvalue weighted by atomic mass is 16.5. The van der Waals surface area contributed by atoms with Crippen LogP contribution in [0, 0.1) is 11.3 Å². The summed E-state index contributed by atoms with van der Waals surface area (Å²) in [4.78, 5) is 25.7. The Labute approximate surface area is 129 Å². The molecule has 0 bridgehead atoms. The molecule has 1 aromatic rings. The SMILES string of the molecule is COC(=O)C1CCC(=O)N1C(CC#N)c1ccccc1OC. The van der Waals surface area contributed by atoms with Gasteiger partial charge in [0.25, 0.3) is 0 Å². The van der Waals surface area contributed by atoms with E-state index in [9.17, 15) is 9.59 Å². The molecule has 1 heterocycles. The van der Waals surface area contributed by atoms with Crippen molar-refractivity contribution in [1.82, 2.24) is 4.90 Å². The first-order valence-electron chi connectivity index (χ1n) is 7.02. The van der Waals surface area contributed by atoms with E-state index in [1.807, 2.05) is 12.1 Å². The van der Waals surface area contributed by atoms with E-state index in [2.05, 4.69) is 6.07 Å². The van der Waals surface area contributed by atoms with Gasteiger partial charge < -0.3 is 14.4 Å². The molecule has 0 radical (unpaired) electrons. The van der Waals surface area contributed by atoms with E-state index in [4.69, 9.17) is 14.7 Å². The molecule has 1 aliphatic rings. The summed E-state index contributed by atoms with van der Waals surface area (Å²) in [6.45, 7) is 0. The predicted molar refractivity (Wildman–Crippen MR) is 77.8 cm³/mol. The number of likely N-dealkylation sites (tertiary alicyclic amines) is 1. The van der Waals surface area contributed by atoms with E-state index in [1.165, 1.54) is 19.1 Å². The van der Waals surface area contributed by atoms with Crippen LogP contribution in [-0.2, 0) is 14.3 Å². The Morgan fingerprint density at radius 1 is 1.45 bits per heavy atom. The monoisotopic (exact) mass is 302 g/mol. The molecule has 0 aliphatic carbocycles. The molecule has 2 atom stereocenters. The molecule has 116 valence electrons. The van der Waals surface area contributed by atoms with Crippen LogP contribution < -0.4 is 4.74 Å². The van der Waals surface area contributed by atoms with Crippen molar-refractivity contribution < 1.29 is 19.1 Å². The molecule has 2 unspecified atom stereocenters. The van der Waals surface area contributed by atoms with Gasteiger partial charge in [-0.05, 0) is 12.5 Å². The molecule has 1 fully saturated rings. The third kappa shape index (κ3) is 2.89. The Morgan fingerprint density at radius 2 is 2.18 bits per heavy atom. The lowest BCUT2D eigenvalue weighted by Gasteiger charge is -2.31. The van der Waals surface area contributed by atoms with E-state index in [0.29, 0.717) is 12.2 Å². The number of benzene rings is 1. The summed E-state index contributed by atoms with van der Waals surface area (Å²) < 4.78 is 10.1. The van der Waals surface area contributed by atoms with Crippen LogP contribution in [0.3, 0.4) is 0 Å². The molecule has 1 saturated heterocycles. The number of amides is 1. The van der Waals surface area contributed by atoms with Gasteiger partial charge in [0.1, 0.15) is 11.8 Å². The van der Waals surface area contributed by atoms with Crippen LogP contribution >= 0.6 is 0 Å². The maximum absolute atomic E-state index is 12.3. The van der Waals surface area contributed by atoms with Crippen LogP contribution in [0.15, 0.2) is 24.3 Å². The van der Waals surface area contributed by atoms with Crippen molar-refractivity contribution >= 4 is 11.9 Å². The highest BCUT2D eigenvalue weighted by Gasteiger charge is 2.42. The second-order valence-electron chi connectivity index (χ2n) is 5.00. The van der Waals surface area contributed by atoms with Crippen LogP contribution in [0.5, 0.6) is 5.75 Å². The lowest BCUT2D eigenvalue weighted by atomic mass is 10.0. The Balaban J connectivity index is 2.44. The summed E-state index contributed by atoms with van der Waals surface area (Å²) in [7, 11) is 2.83. The molecule has 1 aliphatic heterocycles. The Kier molecular flexibility index (Phi) is 4.99. The van der Waals surface area contributed by atoms with Gasteiger partial charge in [-0.25, -0.2) is 4.79 Å². The number of carbonyl (C=O) groups is 2. The number of hydrogen-bond donors (Lipinski definition) is 0. The number of carbonyl (C=O) groups excluding carboxylic acids is 2. The number of methoxy groups -OCH3 is 2. The van der Waals surface area contributed by atoms with Crippen molar-refractivity contribution in [1.29, 1.82) is 5.26 Å². The van der Waals surface area contributed by atoms with Crippen LogP contribution in [0.25, 0.3) is 0 Å². The number of nitrogens with zero attached hydrogens (tertiary/aromatic N) is 2. The van der Waals surface area contributed by atoms with Gasteiger partial charge in [-0.2, -0.15) is 5.26 Å². The van der Waals surface area contributed by atoms with Gasteiger partial charge in [-0.15, -0.1) is 0 Å². The van der Waals surface area contributed by atoms with Gasteiger partial charge in [0.2, 0.25) is 5.91 Å². The second kappa shape index (κ2) is 6.94. The Hall–Kier alpha value is -2.55. The molecule has 0 N–H and O–H groups in total. The van der Waals surface area contributed by atoms with Crippen molar-refractivity contribution in [3.05, 3.63) is 29.8 Å². The molecule has 0 spiro atoms. The highest BCUT2D eigenvalue weighted by Crippen LogP contribution is 2.37. The lowest BCUT2D eigenvalue weighted by molar-refractivity contribution is -0.150. The summed E-state index contributed by atoms with van der Waals surface area (Å²) in [6, 6.07) is 8.12. The van der Waals surface area contributed by atoms with Crippen molar-refractivity contribution in [3.8, 4) is 11.8 Å². The zero-order valence-electron chi connectivity index (χ0n) is 12.6. The van der Waals surface area contributed by atoms with Gasteiger partial charge >= 0.3 is 5.97 Å². The number of esters is 1. The van der Waals surface area contributed by atoms with Gasteiger partial charge in [-0.3, -0.25) is 4.79 Å². The standard InChI is InChI=1S/C16H18N2O4/c1-21-14-6-4-3-5-11(14)12(9-10-17)18-13(16(20)22-2)7-8-15(18)19/h3-6,12-13H,7-9H2,1-2H3. The first-order valence-corrected chi connectivity index (χ1v) is 7.02. The third-order valence-electron chi connectivity index (χ3n) is 3.85. The number of ether oxygens (including phenoxy) is 2. The number of nitriles is 1. The minimum atomic E-state index is -0.652. The maximum atomic E-state index is 12.3. The molecule has 1 amide bonds. The molecule has 0 saturated carbocycles. The fourth-order valence-corrected chi connectivity index (χ4v) is 2.85. The van der Waals surface area contributed by atoms with E-state index >= 15 is 0 Å². The first kappa shape index (κ1) is 15.8. The van der Waals surface area contributed by atoms with Crippen molar-refractivity contribution in [2.45, 2.75) is 31.3 Å². The number of para-hydroxylation sites is 1. The van der Waals surface area contributed by atoms with E-state index in [-0.39, 0.29) is 18.7 Å². The molecule has 0 aromatic heterocycles. The summed E-state index contributed by atoms with van der Waals surface area (Å²) in [5.41, 5.74) is 0.718. The fraction of sp³-hybridized carbons (Fsp3) is 0.438. The average Bonchev–Trinajstić information content (AvgIpc) is 2.93. The second-order valence-corrected chi connectivity index (χ2v) is 5.00. The van der Waals surface area contributed by atoms with Crippen molar-refractivity contribution in [3.63, 3.8) is 0 Å². The predicted octanol–water partition coefficient (Wildman–Crippen LogP) is 1.81. The third-order valence-corrected chi connectivity index (χ3v) is 3.85. The van der Waals surface area contributed by atoms with Crippen LogP contribution in [-0.4, -0.2) is 37.0 Å². The molecule has 22 heavy (non-hydrogen) atoms. The van der Waals surface area contributed by atoms with Crippen LogP contribution in [0.1, 0.15) is 30.9 Å². The molecule has 2 rings (SSSR count). The molecule has 6 nitrogen and oxygen atoms in total. The van der Waals surface area contributed by atoms with E-state index in [0.717, 1.165) is 5.56 Å². The molecular formula is C16H18N2O4. The van der Waals surface area contributed by atoms with Crippen molar-refractivity contribution in [2.75, 3.05) is 14.2 Å². The normalized spacial score (nSPS) is 18.7. The average molecular weight is 302 g/mol. The zero-order chi connectivity index (χ0) is 16.1. The smallest absolute Gasteiger partial charge is 0.328 e. The minimum Gasteiger partial charge on any atom is -0.496 e. The Bertz CT molecular complexity index is 608. The minimum absolute atomic E-state index is 0.0829. The van der Waals surface area contributed by atoms with E-state index < -0.39 is 18.1 Å². The largest absolute Gasteiger partial charge is 0.496 e. The summed E-state index contributed by atoms with van der Waals surface area (Å²) in [5, 5.41) is 9.15. The molecule has 1 aromatic carbocycles. The topological polar surface area (TPSA) is 79.6 Å². The lowest BCUT2D eigenvalue weighted by Crippen LogP contribution is -2.41. The van der Waals surface area contributed by atoms with Crippen LogP contribution in [0.4, 0.5) is 0 Å². The zero-order valence-corrected chi connectivity index (χ0v) is 12.6. The molecule has 6 heteroatoms. The number of rotatable bonds is 5. The summed E-state index contributed by atoms with van der Waals surface area (Å²) >= 11 is 0. The summed E-state index contributed by atoms with van der Waals surface area (Å²) in [6.07, 6.45) is 0.763. The van der Waals surface area contributed by atoms with Crippen molar-refractivity contribution in [2.24, 2.45) is 0 Å². The van der Waals surface area contributed by atoms with Crippen LogP contribution in [0.2, 0.25) is 0 Å². The molecular weight excluding hydrogens is 284 g/mol.